The van der Waals surface area contributed by atoms with Crippen LogP contribution >= 0.6 is 0 Å². The largest absolute Gasteiger partial charge is 0.395 e. The molecule has 0 saturated heterocycles. The Morgan fingerprint density at radius 2 is 0.875 bits per heavy atom. The molecular weight excluding hydrogens is 296 g/mol. The lowest BCUT2D eigenvalue weighted by molar-refractivity contribution is 0.278. The van der Waals surface area contributed by atoms with Gasteiger partial charge in [-0.1, -0.05) is 84.9 Å². The molecule has 0 saturated carbocycles. The van der Waals surface area contributed by atoms with E-state index in [1.165, 1.54) is 0 Å². The molecule has 2 N–H and O–H groups in total. The van der Waals surface area contributed by atoms with Crippen molar-refractivity contribution in [3.8, 4) is 0 Å². The van der Waals surface area contributed by atoms with Crippen LogP contribution in [0.1, 0.15) is 34.1 Å². The molecular formula is C22H22O2. The van der Waals surface area contributed by atoms with Gasteiger partial charge in [-0.3, -0.25) is 0 Å². The van der Waals surface area contributed by atoms with Crippen molar-refractivity contribution < 1.29 is 10.2 Å². The highest BCUT2D eigenvalue weighted by atomic mass is 16.3. The maximum Gasteiger partial charge on any atom is 0.0540 e. The third-order valence-electron chi connectivity index (χ3n) is 4.48. The summed E-state index contributed by atoms with van der Waals surface area (Å²) in [7, 11) is 0. The minimum absolute atomic E-state index is 0.0544. The quantitative estimate of drug-likeness (QED) is 0.723. The van der Waals surface area contributed by atoms with Gasteiger partial charge < -0.3 is 10.2 Å². The summed E-state index contributed by atoms with van der Waals surface area (Å²) in [5.74, 6) is -0.109. The van der Waals surface area contributed by atoms with Gasteiger partial charge in [0, 0.05) is 11.8 Å². The van der Waals surface area contributed by atoms with Gasteiger partial charge in [0.25, 0.3) is 0 Å². The standard InChI is InChI=1S/C22H22O2/c23-15-21(17-8-3-1-4-9-17)19-12-7-13-20(14-19)22(16-24)18-10-5-2-6-11-18/h1-14,21-24H,15-16H2. The van der Waals surface area contributed by atoms with Gasteiger partial charge in [-0.2, -0.15) is 0 Å². The van der Waals surface area contributed by atoms with E-state index in [1.807, 2.05) is 78.9 Å². The minimum atomic E-state index is -0.0544. The Hall–Kier alpha value is -2.42. The Labute approximate surface area is 143 Å². The maximum atomic E-state index is 9.89. The fourth-order valence-corrected chi connectivity index (χ4v) is 3.17. The lowest BCUT2D eigenvalue weighted by Crippen LogP contribution is -2.09. The van der Waals surface area contributed by atoms with E-state index in [9.17, 15) is 10.2 Å². The molecule has 2 heteroatoms. The predicted molar refractivity (Wildman–Crippen MR) is 97.2 cm³/mol. The first kappa shape index (κ1) is 16.4. The first-order valence-electron chi connectivity index (χ1n) is 8.25. The molecule has 0 bridgehead atoms. The van der Waals surface area contributed by atoms with Crippen molar-refractivity contribution in [2.45, 2.75) is 11.8 Å². The van der Waals surface area contributed by atoms with Gasteiger partial charge in [0.1, 0.15) is 0 Å². The van der Waals surface area contributed by atoms with Crippen LogP contribution in [0, 0.1) is 0 Å². The van der Waals surface area contributed by atoms with E-state index in [1.54, 1.807) is 0 Å². The van der Waals surface area contributed by atoms with Crippen LogP contribution in [0.5, 0.6) is 0 Å². The zero-order chi connectivity index (χ0) is 16.8. The monoisotopic (exact) mass is 318 g/mol. The summed E-state index contributed by atoms with van der Waals surface area (Å²) in [6.07, 6.45) is 0. The molecule has 122 valence electrons. The number of hydrogen-bond donors (Lipinski definition) is 2. The molecule has 0 aliphatic heterocycles. The molecule has 0 radical (unpaired) electrons. The zero-order valence-electron chi connectivity index (χ0n) is 13.5. The first-order chi connectivity index (χ1) is 11.8. The van der Waals surface area contributed by atoms with E-state index in [2.05, 4.69) is 6.07 Å². The van der Waals surface area contributed by atoms with Gasteiger partial charge in [0.05, 0.1) is 13.2 Å². The third-order valence-corrected chi connectivity index (χ3v) is 4.48. The highest BCUT2D eigenvalue weighted by Gasteiger charge is 2.17. The lowest BCUT2D eigenvalue weighted by Gasteiger charge is -2.20. The highest BCUT2D eigenvalue weighted by Crippen LogP contribution is 2.29. The van der Waals surface area contributed by atoms with Crippen LogP contribution in [0.3, 0.4) is 0 Å². The molecule has 24 heavy (non-hydrogen) atoms. The topological polar surface area (TPSA) is 40.5 Å². The number of rotatable bonds is 6. The van der Waals surface area contributed by atoms with Crippen molar-refractivity contribution >= 4 is 0 Å². The Bertz CT molecular complexity index is 690. The average Bonchev–Trinajstić information content (AvgIpc) is 2.65. The molecule has 0 amide bonds. The van der Waals surface area contributed by atoms with Crippen LogP contribution in [0.25, 0.3) is 0 Å². The fraction of sp³-hybridized carbons (Fsp3) is 0.182. The van der Waals surface area contributed by atoms with Gasteiger partial charge in [-0.15, -0.1) is 0 Å². The second kappa shape index (κ2) is 7.91. The number of aliphatic hydroxyl groups is 2. The number of aliphatic hydroxyl groups excluding tert-OH is 2. The minimum Gasteiger partial charge on any atom is -0.395 e. The van der Waals surface area contributed by atoms with E-state index in [0.717, 1.165) is 22.3 Å². The number of benzene rings is 3. The van der Waals surface area contributed by atoms with Crippen molar-refractivity contribution in [3.63, 3.8) is 0 Å². The van der Waals surface area contributed by atoms with Crippen molar-refractivity contribution in [1.29, 1.82) is 0 Å². The molecule has 3 rings (SSSR count). The molecule has 0 aromatic heterocycles. The second-order valence-electron chi connectivity index (χ2n) is 5.96. The van der Waals surface area contributed by atoms with E-state index >= 15 is 0 Å². The Morgan fingerprint density at radius 1 is 0.500 bits per heavy atom. The van der Waals surface area contributed by atoms with Crippen LogP contribution < -0.4 is 0 Å². The summed E-state index contributed by atoms with van der Waals surface area (Å²) < 4.78 is 0. The van der Waals surface area contributed by atoms with Crippen LogP contribution in [0.15, 0.2) is 84.9 Å². The Kier molecular flexibility index (Phi) is 5.42. The third kappa shape index (κ3) is 3.56. The zero-order valence-corrected chi connectivity index (χ0v) is 13.5. The fourth-order valence-electron chi connectivity index (χ4n) is 3.17. The summed E-state index contributed by atoms with van der Waals surface area (Å²) in [6.45, 7) is 0.116. The Morgan fingerprint density at radius 3 is 1.25 bits per heavy atom. The smallest absolute Gasteiger partial charge is 0.0540 e. The van der Waals surface area contributed by atoms with Crippen molar-refractivity contribution in [1.82, 2.24) is 0 Å². The highest BCUT2D eigenvalue weighted by molar-refractivity contribution is 5.39. The summed E-state index contributed by atoms with van der Waals surface area (Å²) in [4.78, 5) is 0. The van der Waals surface area contributed by atoms with Gasteiger partial charge in [0.2, 0.25) is 0 Å². The molecule has 0 aliphatic carbocycles. The first-order valence-corrected chi connectivity index (χ1v) is 8.25. The normalized spacial score (nSPS) is 13.4. The van der Waals surface area contributed by atoms with Crippen molar-refractivity contribution in [2.24, 2.45) is 0 Å². The predicted octanol–water partition coefficient (Wildman–Crippen LogP) is 3.94. The maximum absolute atomic E-state index is 9.89. The molecule has 0 heterocycles. The van der Waals surface area contributed by atoms with Gasteiger partial charge in [0.15, 0.2) is 0 Å². The van der Waals surface area contributed by atoms with Crippen LogP contribution in [0.2, 0.25) is 0 Å². The van der Waals surface area contributed by atoms with E-state index in [0.29, 0.717) is 0 Å². The average molecular weight is 318 g/mol. The van der Waals surface area contributed by atoms with Gasteiger partial charge in [-0.05, 0) is 22.3 Å². The van der Waals surface area contributed by atoms with E-state index < -0.39 is 0 Å². The molecule has 2 unspecified atom stereocenters. The molecule has 0 spiro atoms. The van der Waals surface area contributed by atoms with Gasteiger partial charge >= 0.3 is 0 Å². The molecule has 3 aromatic carbocycles. The second-order valence-corrected chi connectivity index (χ2v) is 5.96. The molecule has 0 aliphatic rings. The molecule has 2 nitrogen and oxygen atoms in total. The van der Waals surface area contributed by atoms with Crippen LogP contribution in [-0.4, -0.2) is 23.4 Å². The van der Waals surface area contributed by atoms with Crippen LogP contribution in [0.4, 0.5) is 0 Å². The van der Waals surface area contributed by atoms with Crippen molar-refractivity contribution in [2.75, 3.05) is 13.2 Å². The SMILES string of the molecule is OCC(c1ccccc1)c1cccc(C(CO)c2ccccc2)c1. The number of hydrogen-bond acceptors (Lipinski definition) is 2. The molecule has 3 aromatic rings. The lowest BCUT2D eigenvalue weighted by atomic mass is 9.86. The molecule has 0 fully saturated rings. The van der Waals surface area contributed by atoms with Crippen molar-refractivity contribution in [3.05, 3.63) is 107 Å². The summed E-state index contributed by atoms with van der Waals surface area (Å²) >= 11 is 0. The summed E-state index contributed by atoms with van der Waals surface area (Å²) in [5.41, 5.74) is 4.32. The Balaban J connectivity index is 1.96. The summed E-state index contributed by atoms with van der Waals surface area (Å²) in [6, 6.07) is 28.2. The van der Waals surface area contributed by atoms with Crippen LogP contribution in [-0.2, 0) is 0 Å². The van der Waals surface area contributed by atoms with Gasteiger partial charge in [-0.25, -0.2) is 0 Å². The summed E-state index contributed by atoms with van der Waals surface area (Å²) in [5, 5.41) is 19.8. The molecule has 2 atom stereocenters. The van der Waals surface area contributed by atoms with E-state index in [4.69, 9.17) is 0 Å². The van der Waals surface area contributed by atoms with E-state index in [-0.39, 0.29) is 25.0 Å².